The van der Waals surface area contributed by atoms with E-state index in [1.807, 2.05) is 45.0 Å². The molecule has 0 radical (unpaired) electrons. The minimum absolute atomic E-state index is 0.340. The van der Waals surface area contributed by atoms with Crippen molar-refractivity contribution < 1.29 is 24.2 Å². The van der Waals surface area contributed by atoms with Gasteiger partial charge in [-0.3, -0.25) is 0 Å². The summed E-state index contributed by atoms with van der Waals surface area (Å²) in [4.78, 5) is 25.3. The van der Waals surface area contributed by atoms with E-state index in [2.05, 4.69) is 15.9 Å². The third kappa shape index (κ3) is 6.50. The largest absolute Gasteiger partial charge is 0.480 e. The van der Waals surface area contributed by atoms with Crippen LogP contribution in [0, 0.1) is 0 Å². The summed E-state index contributed by atoms with van der Waals surface area (Å²) < 4.78 is 12.4. The lowest BCUT2D eigenvalue weighted by atomic mass is 9.84. The minimum atomic E-state index is -1.00. The molecule has 1 saturated heterocycles. The number of carbonyl (C=O) groups is 2. The molecule has 1 heterocycles. The second-order valence-electron chi connectivity index (χ2n) is 7.86. The molecule has 6 nitrogen and oxygen atoms in total. The standard InChI is InChI=1S/C20H28BrNO5/c1-19(2,3)27-18(25)22-12-5-4-10-20(11-13-22,26-14-17(23)24)15-6-8-16(21)9-7-15/h6-9H,4-5,10-14H2,1-3H3,(H,23,24). The number of aliphatic carboxylic acids is 1. The van der Waals surface area contributed by atoms with Crippen molar-refractivity contribution in [2.24, 2.45) is 0 Å². The second-order valence-corrected chi connectivity index (χ2v) is 8.77. The van der Waals surface area contributed by atoms with Crippen LogP contribution in [0.4, 0.5) is 4.79 Å². The highest BCUT2D eigenvalue weighted by molar-refractivity contribution is 9.10. The summed E-state index contributed by atoms with van der Waals surface area (Å²) in [6.07, 6.45) is 2.53. The van der Waals surface area contributed by atoms with Gasteiger partial charge in [0.25, 0.3) is 0 Å². The monoisotopic (exact) mass is 441 g/mol. The lowest BCUT2D eigenvalue weighted by Gasteiger charge is -2.38. The molecule has 7 heteroatoms. The average molecular weight is 442 g/mol. The number of likely N-dealkylation sites (tertiary alicyclic amines) is 1. The number of ether oxygens (including phenoxy) is 2. The molecule has 1 unspecified atom stereocenters. The van der Waals surface area contributed by atoms with E-state index >= 15 is 0 Å². The number of nitrogens with zero attached hydrogens (tertiary/aromatic N) is 1. The molecule has 150 valence electrons. The van der Waals surface area contributed by atoms with E-state index in [9.17, 15) is 9.59 Å². The number of carboxylic acid groups (broad SMARTS) is 1. The first-order valence-corrected chi connectivity index (χ1v) is 10.0. The molecule has 1 N–H and O–H groups in total. The van der Waals surface area contributed by atoms with Gasteiger partial charge in [0.2, 0.25) is 0 Å². The molecule has 1 aliphatic rings. The summed E-state index contributed by atoms with van der Waals surface area (Å²) in [5, 5.41) is 9.13. The number of hydrogen-bond donors (Lipinski definition) is 1. The Morgan fingerprint density at radius 3 is 2.41 bits per heavy atom. The third-order valence-electron chi connectivity index (χ3n) is 4.54. The first-order chi connectivity index (χ1) is 12.6. The summed E-state index contributed by atoms with van der Waals surface area (Å²) >= 11 is 3.43. The Kier molecular flexibility index (Phi) is 7.28. The predicted octanol–water partition coefficient (Wildman–Crippen LogP) is 4.56. The molecule has 0 spiro atoms. The molecule has 1 aromatic carbocycles. The van der Waals surface area contributed by atoms with Crippen LogP contribution in [0.1, 0.15) is 52.0 Å². The Labute approximate surface area is 169 Å². The fourth-order valence-corrected chi connectivity index (χ4v) is 3.51. The highest BCUT2D eigenvalue weighted by atomic mass is 79.9. The van der Waals surface area contributed by atoms with Crippen LogP contribution in [-0.2, 0) is 19.9 Å². The first kappa shape index (κ1) is 21.7. The molecule has 1 aromatic rings. The summed E-state index contributed by atoms with van der Waals surface area (Å²) in [5.41, 5.74) is -0.361. The van der Waals surface area contributed by atoms with Crippen LogP contribution >= 0.6 is 15.9 Å². The third-order valence-corrected chi connectivity index (χ3v) is 5.07. The normalized spacial score (nSPS) is 21.3. The van der Waals surface area contributed by atoms with Crippen molar-refractivity contribution in [2.45, 2.75) is 57.7 Å². The van der Waals surface area contributed by atoms with Crippen LogP contribution in [0.2, 0.25) is 0 Å². The Bertz CT molecular complexity index is 655. The fourth-order valence-electron chi connectivity index (χ4n) is 3.24. The van der Waals surface area contributed by atoms with Gasteiger partial charge >= 0.3 is 12.1 Å². The molecular weight excluding hydrogens is 414 g/mol. The van der Waals surface area contributed by atoms with E-state index < -0.39 is 17.2 Å². The zero-order chi connectivity index (χ0) is 20.1. The van der Waals surface area contributed by atoms with Gasteiger partial charge in [0, 0.05) is 17.6 Å². The van der Waals surface area contributed by atoms with Gasteiger partial charge in [-0.15, -0.1) is 0 Å². The molecule has 2 rings (SSSR count). The summed E-state index contributed by atoms with van der Waals surface area (Å²) in [7, 11) is 0. The molecule has 0 aromatic heterocycles. The smallest absolute Gasteiger partial charge is 0.410 e. The van der Waals surface area contributed by atoms with Gasteiger partial charge in [-0.2, -0.15) is 0 Å². The lowest BCUT2D eigenvalue weighted by Crippen LogP contribution is -2.43. The van der Waals surface area contributed by atoms with Gasteiger partial charge in [0.15, 0.2) is 0 Å². The van der Waals surface area contributed by atoms with Crippen LogP contribution < -0.4 is 0 Å². The van der Waals surface area contributed by atoms with Gasteiger partial charge in [-0.25, -0.2) is 9.59 Å². The van der Waals surface area contributed by atoms with Crippen molar-refractivity contribution in [3.8, 4) is 0 Å². The maximum Gasteiger partial charge on any atom is 0.410 e. The van der Waals surface area contributed by atoms with Crippen LogP contribution in [0.25, 0.3) is 0 Å². The SMILES string of the molecule is CC(C)(C)OC(=O)N1CCCCC(OCC(=O)O)(c2ccc(Br)cc2)CC1. The van der Waals surface area contributed by atoms with Crippen molar-refractivity contribution in [1.82, 2.24) is 4.90 Å². The van der Waals surface area contributed by atoms with Crippen LogP contribution in [0.5, 0.6) is 0 Å². The van der Waals surface area contributed by atoms with Crippen LogP contribution in [0.3, 0.4) is 0 Å². The zero-order valence-electron chi connectivity index (χ0n) is 16.2. The topological polar surface area (TPSA) is 76.1 Å². The van der Waals surface area contributed by atoms with Crippen molar-refractivity contribution in [2.75, 3.05) is 19.7 Å². The van der Waals surface area contributed by atoms with E-state index in [1.165, 1.54) is 0 Å². The van der Waals surface area contributed by atoms with Crippen LogP contribution in [-0.4, -0.2) is 47.4 Å². The molecule has 1 aliphatic heterocycles. The van der Waals surface area contributed by atoms with Crippen molar-refractivity contribution in [1.29, 1.82) is 0 Å². The first-order valence-electron chi connectivity index (χ1n) is 9.21. The van der Waals surface area contributed by atoms with Crippen molar-refractivity contribution >= 4 is 28.0 Å². The fraction of sp³-hybridized carbons (Fsp3) is 0.600. The summed E-state index contributed by atoms with van der Waals surface area (Å²) in [6.45, 7) is 6.24. The maximum atomic E-state index is 12.5. The number of carbonyl (C=O) groups excluding carboxylic acids is 1. The van der Waals surface area contributed by atoms with Gasteiger partial charge < -0.3 is 19.5 Å². The van der Waals surface area contributed by atoms with E-state index in [4.69, 9.17) is 14.6 Å². The van der Waals surface area contributed by atoms with Gasteiger partial charge in [-0.1, -0.05) is 28.1 Å². The van der Waals surface area contributed by atoms with E-state index in [-0.39, 0.29) is 12.7 Å². The lowest BCUT2D eigenvalue weighted by molar-refractivity contribution is -0.153. The summed E-state index contributed by atoms with van der Waals surface area (Å²) in [6, 6.07) is 7.74. The highest BCUT2D eigenvalue weighted by Crippen LogP contribution is 2.37. The molecule has 27 heavy (non-hydrogen) atoms. The molecule has 1 atom stereocenters. The zero-order valence-corrected chi connectivity index (χ0v) is 17.8. The highest BCUT2D eigenvalue weighted by Gasteiger charge is 2.36. The molecule has 0 saturated carbocycles. The molecule has 1 fully saturated rings. The molecule has 0 bridgehead atoms. The average Bonchev–Trinajstić information content (AvgIpc) is 2.54. The number of amides is 1. The number of hydrogen-bond acceptors (Lipinski definition) is 4. The number of benzene rings is 1. The minimum Gasteiger partial charge on any atom is -0.480 e. The Balaban J connectivity index is 2.23. The van der Waals surface area contributed by atoms with Gasteiger partial charge in [0.05, 0.1) is 5.60 Å². The van der Waals surface area contributed by atoms with Crippen LogP contribution in [0.15, 0.2) is 28.7 Å². The quantitative estimate of drug-likeness (QED) is 0.740. The van der Waals surface area contributed by atoms with E-state index in [0.29, 0.717) is 25.9 Å². The summed E-state index contributed by atoms with van der Waals surface area (Å²) in [5.74, 6) is -1.00. The number of halogens is 1. The predicted molar refractivity (Wildman–Crippen MR) is 106 cm³/mol. The number of rotatable bonds is 4. The van der Waals surface area contributed by atoms with Gasteiger partial charge in [0.1, 0.15) is 12.2 Å². The molecule has 1 amide bonds. The Morgan fingerprint density at radius 2 is 1.81 bits per heavy atom. The van der Waals surface area contributed by atoms with E-state index in [1.54, 1.807) is 4.90 Å². The molecular formula is C20H28BrNO5. The Hall–Kier alpha value is -1.60. The maximum absolute atomic E-state index is 12.5. The van der Waals surface area contributed by atoms with Crippen molar-refractivity contribution in [3.63, 3.8) is 0 Å². The Morgan fingerprint density at radius 1 is 1.15 bits per heavy atom. The van der Waals surface area contributed by atoms with Gasteiger partial charge in [-0.05, 0) is 64.2 Å². The second kappa shape index (κ2) is 9.06. The number of carboxylic acids is 1. The van der Waals surface area contributed by atoms with Crippen molar-refractivity contribution in [3.05, 3.63) is 34.3 Å². The molecule has 0 aliphatic carbocycles. The van der Waals surface area contributed by atoms with E-state index in [0.717, 1.165) is 22.9 Å².